The molecule has 1 aromatic rings. The Morgan fingerprint density at radius 3 is 2.55 bits per heavy atom. The van der Waals surface area contributed by atoms with Crippen molar-refractivity contribution in [1.82, 2.24) is 5.32 Å². The highest BCUT2D eigenvalue weighted by molar-refractivity contribution is 5.84. The van der Waals surface area contributed by atoms with Crippen LogP contribution >= 0.6 is 0 Å². The zero-order chi connectivity index (χ0) is 21.4. The molecular formula is C20H25NO8. The van der Waals surface area contributed by atoms with Gasteiger partial charge in [0.25, 0.3) is 0 Å². The molecule has 9 nitrogen and oxygen atoms in total. The summed E-state index contributed by atoms with van der Waals surface area (Å²) in [5.74, 6) is -2.34. The molecule has 4 unspecified atom stereocenters. The van der Waals surface area contributed by atoms with Crippen LogP contribution in [0.25, 0.3) is 6.08 Å². The Hall–Kier alpha value is -2.72. The summed E-state index contributed by atoms with van der Waals surface area (Å²) in [6.45, 7) is 0.560. The van der Waals surface area contributed by atoms with Gasteiger partial charge in [0, 0.05) is 6.92 Å². The summed E-state index contributed by atoms with van der Waals surface area (Å²) >= 11 is 0. The van der Waals surface area contributed by atoms with E-state index in [-0.39, 0.29) is 6.61 Å². The minimum Gasteiger partial charge on any atom is -0.478 e. The topological polar surface area (TPSA) is 146 Å². The number of hydrogen-bond donors (Lipinski definition) is 5. The molecule has 29 heavy (non-hydrogen) atoms. The maximum Gasteiger partial charge on any atom is 0.370 e. The van der Waals surface area contributed by atoms with Gasteiger partial charge in [0.2, 0.25) is 11.7 Å². The first-order chi connectivity index (χ1) is 13.8. The van der Waals surface area contributed by atoms with Gasteiger partial charge in [-0.05, 0) is 11.6 Å². The van der Waals surface area contributed by atoms with Crippen molar-refractivity contribution in [2.75, 3.05) is 13.2 Å². The van der Waals surface area contributed by atoms with E-state index in [9.17, 15) is 24.9 Å². The molecule has 1 heterocycles. The lowest BCUT2D eigenvalue weighted by Gasteiger charge is -2.39. The molecule has 1 aliphatic heterocycles. The van der Waals surface area contributed by atoms with Crippen LogP contribution in [0.5, 0.6) is 0 Å². The Balaban J connectivity index is 2.21. The van der Waals surface area contributed by atoms with Crippen LogP contribution < -0.4 is 5.32 Å². The van der Waals surface area contributed by atoms with Crippen molar-refractivity contribution in [1.29, 1.82) is 0 Å². The molecule has 1 aliphatic rings. The Bertz CT molecular complexity index is 748. The number of ether oxygens (including phenoxy) is 2. The number of carbonyl (C=O) groups excluding carboxylic acids is 1. The van der Waals surface area contributed by atoms with Gasteiger partial charge in [-0.25, -0.2) is 4.79 Å². The van der Waals surface area contributed by atoms with Crippen LogP contribution in [0.2, 0.25) is 0 Å². The quantitative estimate of drug-likeness (QED) is 0.374. The van der Waals surface area contributed by atoms with Crippen molar-refractivity contribution >= 4 is 18.0 Å². The number of amides is 1. The summed E-state index contributed by atoms with van der Waals surface area (Å²) in [5.41, 5.74) is 0.947. The average molecular weight is 407 g/mol. The lowest BCUT2D eigenvalue weighted by Crippen LogP contribution is -2.60. The number of hydrogen-bond acceptors (Lipinski definition) is 7. The van der Waals surface area contributed by atoms with E-state index in [0.29, 0.717) is 0 Å². The van der Waals surface area contributed by atoms with Crippen LogP contribution in [0.1, 0.15) is 12.5 Å². The first-order valence-electron chi connectivity index (χ1n) is 9.02. The Morgan fingerprint density at radius 1 is 1.28 bits per heavy atom. The average Bonchev–Trinajstić information content (AvgIpc) is 2.71. The molecule has 5 atom stereocenters. The predicted molar refractivity (Wildman–Crippen MR) is 103 cm³/mol. The number of aliphatic hydroxyl groups is 3. The van der Waals surface area contributed by atoms with E-state index >= 15 is 0 Å². The standard InChI is InChI=1S/C20H25NO8/c1-12(23)21-17-15(28-9-5-8-13-6-3-2-4-7-13)10-16(20(26)27)29-19(17)18(25)14(24)11-22/h2-8,10,14-15,17-19,22,24-25H,9,11H2,1H3,(H,21,23)(H,26,27)/b8-5+/t14?,15?,17?,18?,19-/m1/s1. The third-order valence-electron chi connectivity index (χ3n) is 4.28. The molecule has 158 valence electrons. The fraction of sp³-hybridized carbons (Fsp3) is 0.400. The number of aliphatic hydroxyl groups excluding tert-OH is 3. The molecule has 0 fully saturated rings. The zero-order valence-corrected chi connectivity index (χ0v) is 15.8. The summed E-state index contributed by atoms with van der Waals surface area (Å²) in [7, 11) is 0. The van der Waals surface area contributed by atoms with Gasteiger partial charge in [0.15, 0.2) is 6.10 Å². The minimum absolute atomic E-state index is 0.0877. The summed E-state index contributed by atoms with van der Waals surface area (Å²) in [6, 6.07) is 8.46. The van der Waals surface area contributed by atoms with Gasteiger partial charge >= 0.3 is 5.97 Å². The first-order valence-corrected chi connectivity index (χ1v) is 9.02. The van der Waals surface area contributed by atoms with Crippen molar-refractivity contribution < 1.29 is 39.5 Å². The van der Waals surface area contributed by atoms with Crippen LogP contribution in [0.15, 0.2) is 48.2 Å². The van der Waals surface area contributed by atoms with E-state index in [1.54, 1.807) is 6.08 Å². The number of rotatable bonds is 9. The number of carboxylic acid groups (broad SMARTS) is 1. The molecule has 0 aliphatic carbocycles. The molecule has 0 radical (unpaired) electrons. The second-order valence-corrected chi connectivity index (χ2v) is 6.50. The fourth-order valence-electron chi connectivity index (χ4n) is 2.90. The van der Waals surface area contributed by atoms with E-state index in [1.165, 1.54) is 13.0 Å². The monoisotopic (exact) mass is 407 g/mol. The number of nitrogens with one attached hydrogen (secondary N) is 1. The largest absolute Gasteiger partial charge is 0.478 e. The molecule has 1 aromatic carbocycles. The van der Waals surface area contributed by atoms with Crippen molar-refractivity contribution in [3.63, 3.8) is 0 Å². The fourth-order valence-corrected chi connectivity index (χ4v) is 2.90. The number of aliphatic carboxylic acids is 1. The van der Waals surface area contributed by atoms with E-state index in [2.05, 4.69) is 5.32 Å². The second kappa shape index (κ2) is 10.7. The van der Waals surface area contributed by atoms with E-state index in [0.717, 1.165) is 5.56 Å². The van der Waals surface area contributed by atoms with Crippen molar-refractivity contribution in [3.8, 4) is 0 Å². The maximum atomic E-state index is 11.6. The SMILES string of the molecule is CC(=O)NC1C(OC/C=C/c2ccccc2)C=C(C(=O)O)O[C@H]1C(O)C(O)CO. The third-order valence-corrected chi connectivity index (χ3v) is 4.28. The smallest absolute Gasteiger partial charge is 0.370 e. The van der Waals surface area contributed by atoms with Crippen LogP contribution in [0.4, 0.5) is 0 Å². The van der Waals surface area contributed by atoms with Gasteiger partial charge in [-0.2, -0.15) is 0 Å². The summed E-state index contributed by atoms with van der Waals surface area (Å²) in [5, 5.41) is 41.0. The highest BCUT2D eigenvalue weighted by atomic mass is 16.5. The molecule has 0 saturated carbocycles. The zero-order valence-electron chi connectivity index (χ0n) is 15.8. The van der Waals surface area contributed by atoms with Crippen molar-refractivity contribution in [2.45, 2.75) is 37.4 Å². The van der Waals surface area contributed by atoms with E-state index in [4.69, 9.17) is 14.6 Å². The Morgan fingerprint density at radius 2 is 1.97 bits per heavy atom. The normalized spacial score (nSPS) is 23.7. The highest BCUT2D eigenvalue weighted by Crippen LogP contribution is 2.25. The van der Waals surface area contributed by atoms with Crippen molar-refractivity contribution in [2.24, 2.45) is 0 Å². The molecule has 9 heteroatoms. The van der Waals surface area contributed by atoms with Gasteiger partial charge < -0.3 is 35.2 Å². The van der Waals surface area contributed by atoms with Gasteiger partial charge in [0.05, 0.1) is 19.3 Å². The Labute approximate surface area is 167 Å². The Kier molecular flexibility index (Phi) is 8.34. The number of benzene rings is 1. The predicted octanol–water partition coefficient (Wildman–Crippen LogP) is -0.329. The minimum atomic E-state index is -1.66. The lowest BCUT2D eigenvalue weighted by molar-refractivity contribution is -0.151. The summed E-state index contributed by atoms with van der Waals surface area (Å²) in [4.78, 5) is 23.0. The molecule has 0 bridgehead atoms. The number of carboxylic acids is 1. The molecule has 2 rings (SSSR count). The molecule has 1 amide bonds. The molecule has 0 aromatic heterocycles. The summed E-state index contributed by atoms with van der Waals surface area (Å²) in [6.07, 6.45) is -0.832. The molecular weight excluding hydrogens is 382 g/mol. The van der Waals surface area contributed by atoms with Gasteiger partial charge in [0.1, 0.15) is 18.3 Å². The number of carbonyl (C=O) groups is 2. The van der Waals surface area contributed by atoms with Crippen LogP contribution in [0, 0.1) is 0 Å². The van der Waals surface area contributed by atoms with E-state index in [1.807, 2.05) is 36.4 Å². The molecule has 5 N–H and O–H groups in total. The maximum absolute atomic E-state index is 11.6. The first kappa shape index (κ1) is 22.6. The lowest BCUT2D eigenvalue weighted by atomic mass is 9.93. The van der Waals surface area contributed by atoms with Crippen LogP contribution in [0.3, 0.4) is 0 Å². The second-order valence-electron chi connectivity index (χ2n) is 6.50. The molecule has 0 saturated heterocycles. The van der Waals surface area contributed by atoms with Gasteiger partial charge in [-0.3, -0.25) is 4.79 Å². The molecule has 0 spiro atoms. The van der Waals surface area contributed by atoms with E-state index < -0.39 is 54.7 Å². The summed E-state index contributed by atoms with van der Waals surface area (Å²) < 4.78 is 11.0. The van der Waals surface area contributed by atoms with Crippen molar-refractivity contribution in [3.05, 3.63) is 53.8 Å². The van der Waals surface area contributed by atoms with Crippen LogP contribution in [-0.4, -0.2) is 76.0 Å². The van der Waals surface area contributed by atoms with Gasteiger partial charge in [-0.1, -0.05) is 42.5 Å². The third kappa shape index (κ3) is 6.40. The highest BCUT2D eigenvalue weighted by Gasteiger charge is 2.43. The van der Waals surface area contributed by atoms with Crippen LogP contribution in [-0.2, 0) is 19.1 Å². The van der Waals surface area contributed by atoms with Gasteiger partial charge in [-0.15, -0.1) is 0 Å².